The van der Waals surface area contributed by atoms with Crippen molar-refractivity contribution in [3.8, 4) is 16.9 Å². The molecule has 0 radical (unpaired) electrons. The van der Waals surface area contributed by atoms with E-state index in [2.05, 4.69) is 22.3 Å². The molecule has 1 fully saturated rings. The van der Waals surface area contributed by atoms with Crippen molar-refractivity contribution in [3.05, 3.63) is 109 Å². The van der Waals surface area contributed by atoms with Crippen LogP contribution in [-0.2, 0) is 20.9 Å². The number of amides is 3. The Hall–Kier alpha value is -5.11. The molecule has 0 saturated heterocycles. The number of fused-ring (bicyclic) bond motifs is 1. The third-order valence-corrected chi connectivity index (χ3v) is 9.54. The summed E-state index contributed by atoms with van der Waals surface area (Å²) in [6.45, 7) is 2.53. The van der Waals surface area contributed by atoms with E-state index in [-0.39, 0.29) is 18.4 Å². The molecule has 48 heavy (non-hydrogen) atoms. The van der Waals surface area contributed by atoms with Gasteiger partial charge in [-0.25, -0.2) is 0 Å². The van der Waals surface area contributed by atoms with Crippen molar-refractivity contribution in [1.29, 1.82) is 0 Å². The Bertz CT molecular complexity index is 1740. The number of rotatable bonds is 13. The van der Waals surface area contributed by atoms with Crippen molar-refractivity contribution in [2.75, 3.05) is 23.5 Å². The molecule has 8 heteroatoms. The number of hydrogen-bond acceptors (Lipinski definition) is 5. The van der Waals surface area contributed by atoms with Crippen LogP contribution in [0.3, 0.4) is 0 Å². The van der Waals surface area contributed by atoms with Crippen LogP contribution in [0.2, 0.25) is 0 Å². The smallest absolute Gasteiger partial charge is 0.251 e. The normalized spacial score (nSPS) is 17.2. The van der Waals surface area contributed by atoms with E-state index in [4.69, 9.17) is 10.5 Å². The highest BCUT2D eigenvalue weighted by atomic mass is 16.5. The number of hydrogen-bond donors (Lipinski definition) is 2. The van der Waals surface area contributed by atoms with Crippen molar-refractivity contribution >= 4 is 34.8 Å². The van der Waals surface area contributed by atoms with Gasteiger partial charge >= 0.3 is 0 Å². The molecule has 3 atom stereocenters. The molecule has 3 amide bonds. The zero-order valence-electron chi connectivity index (χ0n) is 27.7. The molecule has 0 aromatic heterocycles. The summed E-state index contributed by atoms with van der Waals surface area (Å²) in [4.78, 5) is 45.4. The summed E-state index contributed by atoms with van der Waals surface area (Å²) in [5, 5.41) is 3.14. The molecule has 4 aromatic rings. The van der Waals surface area contributed by atoms with Gasteiger partial charge in [0.25, 0.3) is 5.91 Å². The van der Waals surface area contributed by atoms with Gasteiger partial charge < -0.3 is 25.6 Å². The first-order valence-electron chi connectivity index (χ1n) is 16.9. The summed E-state index contributed by atoms with van der Waals surface area (Å²) >= 11 is 0. The highest BCUT2D eigenvalue weighted by Gasteiger charge is 2.40. The lowest BCUT2D eigenvalue weighted by atomic mass is 9.83. The van der Waals surface area contributed by atoms with Crippen LogP contribution in [0.5, 0.6) is 5.75 Å². The molecular weight excluding hydrogens is 600 g/mol. The van der Waals surface area contributed by atoms with Crippen molar-refractivity contribution < 1.29 is 19.1 Å². The number of primary amides is 1. The molecule has 0 bridgehead atoms. The molecule has 1 unspecified atom stereocenters. The molecule has 4 aromatic carbocycles. The Morgan fingerprint density at radius 3 is 2.25 bits per heavy atom. The fraction of sp³-hybridized carbons (Fsp3) is 0.325. The average Bonchev–Trinajstić information content (AvgIpc) is 3.95. The van der Waals surface area contributed by atoms with Gasteiger partial charge in [0.1, 0.15) is 11.8 Å². The lowest BCUT2D eigenvalue weighted by Gasteiger charge is -2.29. The maximum atomic E-state index is 14.7. The van der Waals surface area contributed by atoms with Gasteiger partial charge in [0, 0.05) is 17.5 Å². The zero-order valence-corrected chi connectivity index (χ0v) is 27.7. The Morgan fingerprint density at radius 2 is 1.58 bits per heavy atom. The molecule has 2 aliphatic rings. The summed E-state index contributed by atoms with van der Waals surface area (Å²) < 4.78 is 5.34. The van der Waals surface area contributed by atoms with Crippen LogP contribution in [-0.4, -0.2) is 37.4 Å². The number of para-hydroxylation sites is 3. The van der Waals surface area contributed by atoms with Crippen molar-refractivity contribution in [2.45, 2.75) is 51.6 Å². The van der Waals surface area contributed by atoms with Gasteiger partial charge in [-0.05, 0) is 77.9 Å². The van der Waals surface area contributed by atoms with E-state index in [9.17, 15) is 14.4 Å². The average molecular weight is 645 g/mol. The van der Waals surface area contributed by atoms with Crippen molar-refractivity contribution in [2.24, 2.45) is 23.5 Å². The number of anilines is 3. The number of nitrogens with two attached hydrogens (primary N) is 1. The Balaban J connectivity index is 1.36. The number of ether oxygens (including phenoxy) is 1. The molecule has 3 N–H and O–H groups in total. The Labute approximate surface area is 282 Å². The molecule has 1 heterocycles. The second-order valence-corrected chi connectivity index (χ2v) is 12.9. The lowest BCUT2D eigenvalue weighted by Crippen LogP contribution is -2.54. The van der Waals surface area contributed by atoms with Gasteiger partial charge in [-0.3, -0.25) is 14.4 Å². The summed E-state index contributed by atoms with van der Waals surface area (Å²) in [7, 11) is 1.65. The number of nitrogens with zero attached hydrogens (tertiary/aromatic N) is 2. The van der Waals surface area contributed by atoms with Gasteiger partial charge in [0.15, 0.2) is 0 Å². The van der Waals surface area contributed by atoms with Gasteiger partial charge in [-0.2, -0.15) is 0 Å². The topological polar surface area (TPSA) is 105 Å². The highest BCUT2D eigenvalue weighted by molar-refractivity contribution is 6.04. The minimum Gasteiger partial charge on any atom is -0.497 e. The fourth-order valence-corrected chi connectivity index (χ4v) is 6.82. The predicted octanol–water partition coefficient (Wildman–Crippen LogP) is 6.85. The fourth-order valence-electron chi connectivity index (χ4n) is 6.82. The molecule has 8 nitrogen and oxygen atoms in total. The maximum Gasteiger partial charge on any atom is 0.251 e. The van der Waals surface area contributed by atoms with E-state index >= 15 is 0 Å². The Morgan fingerprint density at radius 1 is 0.875 bits per heavy atom. The van der Waals surface area contributed by atoms with E-state index in [1.165, 1.54) is 0 Å². The van der Waals surface area contributed by atoms with Crippen LogP contribution in [0, 0.1) is 17.8 Å². The van der Waals surface area contributed by atoms with Crippen LogP contribution >= 0.6 is 0 Å². The minimum absolute atomic E-state index is 0.208. The van der Waals surface area contributed by atoms with E-state index < -0.39 is 23.8 Å². The first-order valence-corrected chi connectivity index (χ1v) is 16.9. The van der Waals surface area contributed by atoms with Gasteiger partial charge in [0.2, 0.25) is 11.8 Å². The van der Waals surface area contributed by atoms with Crippen LogP contribution < -0.4 is 25.6 Å². The van der Waals surface area contributed by atoms with Crippen LogP contribution in [0.1, 0.15) is 44.6 Å². The molecular formula is C40H44N4O4. The van der Waals surface area contributed by atoms with Crippen LogP contribution in [0.4, 0.5) is 17.1 Å². The molecule has 1 aliphatic heterocycles. The summed E-state index contributed by atoms with van der Waals surface area (Å²) in [6.07, 6.45) is 3.97. The Kier molecular flexibility index (Phi) is 10.1. The SMILES string of the molecule is CCC[C@H](C(N)=O)[C@@H](CC1CC1)C(=O)NC1CN(c2ccccc2)c2ccccc2N(Cc2cccc(-c3ccc(OC)cc3)c2)C1=O. The van der Waals surface area contributed by atoms with E-state index in [0.717, 1.165) is 58.8 Å². The third kappa shape index (κ3) is 7.38. The molecule has 1 aliphatic carbocycles. The number of carbonyl (C=O) groups excluding carboxylic acids is 3. The van der Waals surface area contributed by atoms with E-state index in [1.54, 1.807) is 12.0 Å². The first kappa shape index (κ1) is 32.8. The van der Waals surface area contributed by atoms with Crippen LogP contribution in [0.25, 0.3) is 11.1 Å². The van der Waals surface area contributed by atoms with Crippen molar-refractivity contribution in [3.63, 3.8) is 0 Å². The molecule has 0 spiro atoms. The van der Waals surface area contributed by atoms with Crippen LogP contribution in [0.15, 0.2) is 103 Å². The maximum absolute atomic E-state index is 14.7. The zero-order chi connectivity index (χ0) is 33.6. The standard InChI is InChI=1S/C40H44N4O4/c1-3-10-33(38(41)45)34(24-27-17-18-27)39(46)42-35-26-43(31-13-5-4-6-14-31)36-15-7-8-16-37(36)44(40(35)47)25-28-11-9-12-30(23-28)29-19-21-32(48-2)22-20-29/h4-9,11-16,19-23,27,33-35H,3,10,17-18,24-26H2,1-2H3,(H2,41,45)(H,42,46)/t33-,34+,35?/m0/s1. The number of benzene rings is 4. The highest BCUT2D eigenvalue weighted by Crippen LogP contribution is 2.40. The second-order valence-electron chi connectivity index (χ2n) is 12.9. The third-order valence-electron chi connectivity index (χ3n) is 9.54. The lowest BCUT2D eigenvalue weighted by molar-refractivity contribution is -0.135. The first-order chi connectivity index (χ1) is 23.4. The van der Waals surface area contributed by atoms with E-state index in [0.29, 0.717) is 25.3 Å². The second kappa shape index (κ2) is 14.8. The summed E-state index contributed by atoms with van der Waals surface area (Å²) in [6, 6.07) is 33.0. The summed E-state index contributed by atoms with van der Waals surface area (Å²) in [5.41, 5.74) is 11.4. The molecule has 6 rings (SSSR count). The molecule has 248 valence electrons. The molecule has 1 saturated carbocycles. The van der Waals surface area contributed by atoms with E-state index in [1.807, 2.05) is 97.9 Å². The predicted molar refractivity (Wildman–Crippen MR) is 190 cm³/mol. The van der Waals surface area contributed by atoms with Gasteiger partial charge in [-0.1, -0.05) is 86.8 Å². The van der Waals surface area contributed by atoms with Gasteiger partial charge in [-0.15, -0.1) is 0 Å². The quantitative estimate of drug-likeness (QED) is 0.166. The summed E-state index contributed by atoms with van der Waals surface area (Å²) in [5.74, 6) is -0.901. The largest absolute Gasteiger partial charge is 0.497 e. The number of methoxy groups -OCH3 is 1. The number of carbonyl (C=O) groups is 3. The minimum atomic E-state index is -0.869. The monoisotopic (exact) mass is 644 g/mol. The van der Waals surface area contributed by atoms with Gasteiger partial charge in [0.05, 0.1) is 31.6 Å². The van der Waals surface area contributed by atoms with Crippen molar-refractivity contribution in [1.82, 2.24) is 5.32 Å². The number of nitrogens with one attached hydrogen (secondary N) is 1.